The number of amides is 2. The van der Waals surface area contributed by atoms with Crippen LogP contribution in [0.1, 0.15) is 12.5 Å². The number of benzene rings is 1. The highest BCUT2D eigenvalue weighted by Gasteiger charge is 2.39. The normalized spacial score (nSPS) is 21.9. The van der Waals surface area contributed by atoms with Gasteiger partial charge in [-0.15, -0.1) is 11.8 Å². The van der Waals surface area contributed by atoms with E-state index < -0.39 is 18.0 Å². The van der Waals surface area contributed by atoms with Gasteiger partial charge in [0.25, 0.3) is 0 Å². The van der Waals surface area contributed by atoms with Gasteiger partial charge in [0.15, 0.2) is 0 Å². The van der Waals surface area contributed by atoms with Crippen LogP contribution in [-0.2, 0) is 4.79 Å². The number of aliphatic carboxylic acids is 1. The number of hydrogen-bond donors (Lipinski definition) is 2. The molecule has 7 heteroatoms. The fourth-order valence-electron chi connectivity index (χ4n) is 2.10. The van der Waals surface area contributed by atoms with E-state index in [0.717, 1.165) is 5.56 Å². The highest BCUT2D eigenvalue weighted by molar-refractivity contribution is 8.00. The molecule has 108 valence electrons. The standard InChI is InChI=1S/C13H15ClN2O3S/c1-7-4-3-5-9(14)11(7)15-13(19)16-8(2)20-6-10(16)12(17)18/h3-5,8,10H,6H2,1-2H3,(H,15,19)(H,17,18). The van der Waals surface area contributed by atoms with Crippen molar-refractivity contribution in [3.63, 3.8) is 0 Å². The van der Waals surface area contributed by atoms with E-state index in [4.69, 9.17) is 16.7 Å². The van der Waals surface area contributed by atoms with Gasteiger partial charge in [0.1, 0.15) is 6.04 Å². The third-order valence-electron chi connectivity index (χ3n) is 3.20. The van der Waals surface area contributed by atoms with Crippen LogP contribution in [0.5, 0.6) is 0 Å². The summed E-state index contributed by atoms with van der Waals surface area (Å²) in [5.41, 5.74) is 1.35. The second-order valence-electron chi connectivity index (χ2n) is 4.56. The Balaban J connectivity index is 2.21. The van der Waals surface area contributed by atoms with Gasteiger partial charge in [-0.3, -0.25) is 4.90 Å². The minimum Gasteiger partial charge on any atom is -0.480 e. The molecule has 1 aliphatic rings. The topological polar surface area (TPSA) is 69.6 Å². The lowest BCUT2D eigenvalue weighted by Gasteiger charge is -2.25. The number of urea groups is 1. The molecular weight excluding hydrogens is 300 g/mol. The molecule has 1 heterocycles. The summed E-state index contributed by atoms with van der Waals surface area (Å²) in [6, 6.07) is 4.06. The average Bonchev–Trinajstić information content (AvgIpc) is 2.76. The van der Waals surface area contributed by atoms with Crippen molar-refractivity contribution < 1.29 is 14.7 Å². The molecule has 0 radical (unpaired) electrons. The molecule has 20 heavy (non-hydrogen) atoms. The van der Waals surface area contributed by atoms with E-state index in [9.17, 15) is 9.59 Å². The summed E-state index contributed by atoms with van der Waals surface area (Å²) in [7, 11) is 0. The van der Waals surface area contributed by atoms with Crippen LogP contribution >= 0.6 is 23.4 Å². The highest BCUT2D eigenvalue weighted by Crippen LogP contribution is 2.31. The van der Waals surface area contributed by atoms with Crippen molar-refractivity contribution in [3.05, 3.63) is 28.8 Å². The third-order valence-corrected chi connectivity index (χ3v) is 4.73. The molecule has 1 aromatic rings. The molecule has 5 nitrogen and oxygen atoms in total. The maximum atomic E-state index is 12.3. The van der Waals surface area contributed by atoms with E-state index in [0.29, 0.717) is 16.5 Å². The fourth-order valence-corrected chi connectivity index (χ4v) is 3.54. The predicted molar refractivity (Wildman–Crippen MR) is 80.4 cm³/mol. The summed E-state index contributed by atoms with van der Waals surface area (Å²) >= 11 is 7.50. The maximum Gasteiger partial charge on any atom is 0.327 e. The fraction of sp³-hybridized carbons (Fsp3) is 0.385. The largest absolute Gasteiger partial charge is 0.480 e. The van der Waals surface area contributed by atoms with E-state index >= 15 is 0 Å². The molecule has 1 saturated heterocycles. The van der Waals surface area contributed by atoms with Crippen molar-refractivity contribution in [2.24, 2.45) is 0 Å². The smallest absolute Gasteiger partial charge is 0.327 e. The zero-order valence-corrected chi connectivity index (χ0v) is 12.7. The van der Waals surface area contributed by atoms with E-state index in [1.54, 1.807) is 12.1 Å². The molecule has 2 N–H and O–H groups in total. The summed E-state index contributed by atoms with van der Waals surface area (Å²) in [4.78, 5) is 24.9. The van der Waals surface area contributed by atoms with Crippen LogP contribution in [-0.4, -0.2) is 39.2 Å². The minimum absolute atomic E-state index is 0.182. The van der Waals surface area contributed by atoms with Crippen LogP contribution in [0, 0.1) is 6.92 Å². The Hall–Kier alpha value is -1.40. The van der Waals surface area contributed by atoms with Crippen LogP contribution in [0.4, 0.5) is 10.5 Å². The highest BCUT2D eigenvalue weighted by atomic mass is 35.5. The van der Waals surface area contributed by atoms with Crippen LogP contribution in [0.2, 0.25) is 5.02 Å². The number of rotatable bonds is 2. The molecule has 1 aromatic carbocycles. The zero-order chi connectivity index (χ0) is 14.9. The number of halogens is 1. The molecule has 2 amide bonds. The molecule has 0 spiro atoms. The number of carbonyl (C=O) groups is 2. The van der Waals surface area contributed by atoms with E-state index in [1.807, 2.05) is 19.9 Å². The number of carboxylic acid groups (broad SMARTS) is 1. The molecule has 1 aliphatic heterocycles. The Morgan fingerprint density at radius 1 is 1.50 bits per heavy atom. The van der Waals surface area contributed by atoms with Crippen molar-refractivity contribution in [1.82, 2.24) is 4.90 Å². The van der Waals surface area contributed by atoms with Crippen molar-refractivity contribution in [2.75, 3.05) is 11.1 Å². The average molecular weight is 315 g/mol. The number of nitrogens with one attached hydrogen (secondary N) is 1. The Morgan fingerprint density at radius 3 is 2.80 bits per heavy atom. The number of thioether (sulfide) groups is 1. The first kappa shape index (κ1) is 15.0. The number of para-hydroxylation sites is 1. The van der Waals surface area contributed by atoms with Crippen LogP contribution in [0.25, 0.3) is 0 Å². The molecular formula is C13H15ClN2O3S. The summed E-state index contributed by atoms with van der Waals surface area (Å²) in [6.45, 7) is 3.64. The zero-order valence-electron chi connectivity index (χ0n) is 11.1. The van der Waals surface area contributed by atoms with Crippen LogP contribution < -0.4 is 5.32 Å². The van der Waals surface area contributed by atoms with E-state index in [-0.39, 0.29) is 5.37 Å². The third kappa shape index (κ3) is 2.86. The van der Waals surface area contributed by atoms with E-state index in [1.165, 1.54) is 16.7 Å². The summed E-state index contributed by atoms with van der Waals surface area (Å²) in [5.74, 6) is -0.598. The molecule has 2 atom stereocenters. The van der Waals surface area contributed by atoms with Crippen molar-refractivity contribution in [2.45, 2.75) is 25.3 Å². The van der Waals surface area contributed by atoms with Gasteiger partial charge in [-0.25, -0.2) is 9.59 Å². The van der Waals surface area contributed by atoms with Crippen molar-refractivity contribution in [1.29, 1.82) is 0 Å². The van der Waals surface area contributed by atoms with Crippen molar-refractivity contribution >= 4 is 41.1 Å². The number of aryl methyl sites for hydroxylation is 1. The van der Waals surface area contributed by atoms with Gasteiger partial charge in [0.2, 0.25) is 0 Å². The Morgan fingerprint density at radius 2 is 2.20 bits per heavy atom. The Bertz CT molecular complexity index is 532. The van der Waals surface area contributed by atoms with Gasteiger partial charge in [-0.1, -0.05) is 23.7 Å². The van der Waals surface area contributed by atoms with Crippen LogP contribution in [0.3, 0.4) is 0 Å². The monoisotopic (exact) mass is 314 g/mol. The van der Waals surface area contributed by atoms with Crippen molar-refractivity contribution in [3.8, 4) is 0 Å². The van der Waals surface area contributed by atoms with E-state index in [2.05, 4.69) is 5.32 Å². The quantitative estimate of drug-likeness (QED) is 0.880. The lowest BCUT2D eigenvalue weighted by Crippen LogP contribution is -2.46. The van der Waals surface area contributed by atoms with Gasteiger partial charge in [0, 0.05) is 5.75 Å². The predicted octanol–water partition coefficient (Wildman–Crippen LogP) is 3.03. The van der Waals surface area contributed by atoms with Crippen LogP contribution in [0.15, 0.2) is 18.2 Å². The molecule has 0 saturated carbocycles. The SMILES string of the molecule is Cc1cccc(Cl)c1NC(=O)N1C(C)SCC1C(=O)O. The van der Waals surface area contributed by atoms with Gasteiger partial charge in [0.05, 0.1) is 16.1 Å². The molecule has 2 rings (SSSR count). The molecule has 0 bridgehead atoms. The van der Waals surface area contributed by atoms with Gasteiger partial charge in [-0.2, -0.15) is 0 Å². The molecule has 2 unspecified atom stereocenters. The molecule has 0 aliphatic carbocycles. The minimum atomic E-state index is -0.993. The number of anilines is 1. The second-order valence-corrected chi connectivity index (χ2v) is 6.31. The first-order valence-corrected chi connectivity index (χ1v) is 7.53. The Kier molecular flexibility index (Phi) is 4.45. The lowest BCUT2D eigenvalue weighted by atomic mass is 10.2. The number of hydrogen-bond acceptors (Lipinski definition) is 3. The second kappa shape index (κ2) is 5.93. The number of nitrogens with zero attached hydrogens (tertiary/aromatic N) is 1. The maximum absolute atomic E-state index is 12.3. The lowest BCUT2D eigenvalue weighted by molar-refractivity contribution is -0.141. The molecule has 1 fully saturated rings. The number of carboxylic acids is 1. The summed E-state index contributed by atoms with van der Waals surface area (Å²) < 4.78 is 0. The first-order chi connectivity index (χ1) is 9.41. The number of carbonyl (C=O) groups excluding carboxylic acids is 1. The summed E-state index contributed by atoms with van der Waals surface area (Å²) in [5, 5.41) is 12.1. The van der Waals surface area contributed by atoms with Gasteiger partial charge >= 0.3 is 12.0 Å². The van der Waals surface area contributed by atoms with Gasteiger partial charge < -0.3 is 10.4 Å². The Labute approximate surface area is 126 Å². The first-order valence-electron chi connectivity index (χ1n) is 6.10. The summed E-state index contributed by atoms with van der Waals surface area (Å²) in [6.07, 6.45) is 0. The molecule has 0 aromatic heterocycles. The van der Waals surface area contributed by atoms with Gasteiger partial charge in [-0.05, 0) is 25.5 Å².